The van der Waals surface area contributed by atoms with E-state index in [0.717, 1.165) is 69.3 Å². The summed E-state index contributed by atoms with van der Waals surface area (Å²) in [7, 11) is 0. The number of anilines is 1. The highest BCUT2D eigenvalue weighted by Crippen LogP contribution is 2.48. The maximum Gasteiger partial charge on any atom is 0.414 e. The zero-order valence-electron chi connectivity index (χ0n) is 22.0. The number of nitrogens with one attached hydrogen (secondary N) is 1. The number of carbonyl (C=O) groups excluding carboxylic acids is 2. The molecule has 1 saturated carbocycles. The number of rotatable bonds is 4. The summed E-state index contributed by atoms with van der Waals surface area (Å²) in [6, 6.07) is 5.26. The molecule has 0 bridgehead atoms. The SMILES string of the molecule is CC(C)OC(=O)NC1CCCCC(N2CCC3(CC2)CN(C(=O)O[C@@H]2CCOC2)c2ccc(F)cc23)C1.[HH]. The fourth-order valence-electron chi connectivity index (χ4n) is 6.57. The van der Waals surface area contributed by atoms with Crippen molar-refractivity contribution < 1.29 is 29.6 Å². The molecule has 0 radical (unpaired) electrons. The van der Waals surface area contributed by atoms with Gasteiger partial charge < -0.3 is 24.4 Å². The van der Waals surface area contributed by atoms with E-state index in [0.29, 0.717) is 32.2 Å². The van der Waals surface area contributed by atoms with Crippen molar-refractivity contribution in [2.45, 2.75) is 94.9 Å². The van der Waals surface area contributed by atoms with Crippen LogP contribution in [-0.2, 0) is 19.6 Å². The van der Waals surface area contributed by atoms with Crippen LogP contribution in [0.25, 0.3) is 0 Å². The number of benzene rings is 1. The van der Waals surface area contributed by atoms with Gasteiger partial charge in [0.25, 0.3) is 0 Å². The van der Waals surface area contributed by atoms with E-state index in [1.165, 1.54) is 6.07 Å². The average molecular weight is 520 g/mol. The summed E-state index contributed by atoms with van der Waals surface area (Å²) in [6.45, 7) is 7.03. The van der Waals surface area contributed by atoms with Crippen LogP contribution in [0.4, 0.5) is 19.7 Å². The highest BCUT2D eigenvalue weighted by atomic mass is 19.1. The van der Waals surface area contributed by atoms with E-state index in [2.05, 4.69) is 10.2 Å². The molecule has 3 aliphatic heterocycles. The minimum Gasteiger partial charge on any atom is -0.447 e. The largest absolute Gasteiger partial charge is 0.447 e. The maximum atomic E-state index is 14.4. The molecule has 3 atom stereocenters. The van der Waals surface area contributed by atoms with E-state index in [9.17, 15) is 14.0 Å². The van der Waals surface area contributed by atoms with Crippen molar-refractivity contribution in [2.24, 2.45) is 0 Å². The minimum atomic E-state index is -0.367. The zero-order chi connectivity index (χ0) is 26.0. The van der Waals surface area contributed by atoms with Gasteiger partial charge in [0, 0.05) is 31.9 Å². The lowest BCUT2D eigenvalue weighted by Crippen LogP contribution is -2.50. The maximum absolute atomic E-state index is 14.4. The molecule has 206 valence electrons. The molecule has 2 amide bonds. The summed E-state index contributed by atoms with van der Waals surface area (Å²) in [4.78, 5) is 29.6. The van der Waals surface area contributed by atoms with Crippen molar-refractivity contribution in [1.82, 2.24) is 10.2 Å². The van der Waals surface area contributed by atoms with Crippen LogP contribution >= 0.6 is 0 Å². The summed E-state index contributed by atoms with van der Waals surface area (Å²) >= 11 is 0. The van der Waals surface area contributed by atoms with Crippen molar-refractivity contribution in [1.29, 1.82) is 0 Å². The molecule has 4 aliphatic rings. The second kappa shape index (κ2) is 11.2. The normalized spacial score (nSPS) is 27.7. The minimum absolute atomic E-state index is 0. The fourth-order valence-corrected chi connectivity index (χ4v) is 6.57. The van der Waals surface area contributed by atoms with Crippen molar-refractivity contribution in [3.8, 4) is 0 Å². The van der Waals surface area contributed by atoms with Crippen molar-refractivity contribution >= 4 is 17.9 Å². The van der Waals surface area contributed by atoms with Crippen LogP contribution in [0.5, 0.6) is 0 Å². The highest BCUT2D eigenvalue weighted by molar-refractivity contribution is 5.91. The van der Waals surface area contributed by atoms with Gasteiger partial charge in [-0.15, -0.1) is 0 Å². The molecule has 2 saturated heterocycles. The fraction of sp³-hybridized carbons (Fsp3) is 0.714. The molecule has 3 fully saturated rings. The number of hydrogen-bond donors (Lipinski definition) is 1. The number of ether oxygens (including phenoxy) is 3. The monoisotopic (exact) mass is 519 g/mol. The van der Waals surface area contributed by atoms with E-state index in [4.69, 9.17) is 14.2 Å². The van der Waals surface area contributed by atoms with Gasteiger partial charge in [-0.1, -0.05) is 12.8 Å². The molecule has 8 nitrogen and oxygen atoms in total. The van der Waals surface area contributed by atoms with Gasteiger partial charge in [0.2, 0.25) is 0 Å². The lowest BCUT2D eigenvalue weighted by Gasteiger charge is -2.43. The second-order valence-electron chi connectivity index (χ2n) is 11.4. The van der Waals surface area contributed by atoms with E-state index >= 15 is 0 Å². The molecule has 1 spiro atoms. The molecular formula is C28H42FN3O5. The molecule has 1 aliphatic carbocycles. The summed E-state index contributed by atoms with van der Waals surface area (Å²) in [5.41, 5.74) is 1.41. The number of fused-ring (bicyclic) bond motifs is 2. The predicted octanol–water partition coefficient (Wildman–Crippen LogP) is 4.99. The predicted molar refractivity (Wildman–Crippen MR) is 139 cm³/mol. The van der Waals surface area contributed by atoms with E-state index in [1.807, 2.05) is 13.8 Å². The number of likely N-dealkylation sites (tertiary alicyclic amines) is 1. The molecule has 0 aromatic heterocycles. The summed E-state index contributed by atoms with van der Waals surface area (Å²) in [5, 5.41) is 3.08. The van der Waals surface area contributed by atoms with Crippen molar-refractivity contribution in [3.63, 3.8) is 0 Å². The summed E-state index contributed by atoms with van der Waals surface area (Å²) in [6.07, 6.45) is 6.58. The van der Waals surface area contributed by atoms with Crippen LogP contribution in [0, 0.1) is 5.82 Å². The van der Waals surface area contributed by atoms with Crippen LogP contribution in [-0.4, -0.2) is 74.2 Å². The van der Waals surface area contributed by atoms with E-state index < -0.39 is 0 Å². The number of piperidine rings is 1. The third-order valence-corrected chi connectivity index (χ3v) is 8.49. The molecule has 3 heterocycles. The van der Waals surface area contributed by atoms with Crippen LogP contribution in [0.3, 0.4) is 0 Å². The Balaban J connectivity index is 0.00000336. The topological polar surface area (TPSA) is 80.3 Å². The molecular weight excluding hydrogens is 477 g/mol. The smallest absolute Gasteiger partial charge is 0.414 e. The van der Waals surface area contributed by atoms with Crippen LogP contribution < -0.4 is 10.2 Å². The van der Waals surface area contributed by atoms with Gasteiger partial charge in [-0.2, -0.15) is 0 Å². The lowest BCUT2D eigenvalue weighted by atomic mass is 9.74. The Bertz CT molecular complexity index is 981. The van der Waals surface area contributed by atoms with Crippen LogP contribution in [0.1, 0.15) is 72.2 Å². The standard InChI is InChI=1S/C28H40FN3O5.H2/c1-19(2)36-26(33)30-21-5-3-4-6-22(16-21)31-12-10-28(11-13-31)18-32(25-8-7-20(29)15-24(25)28)27(34)37-23-9-14-35-17-23;/h7-8,15,19,21-23H,3-6,9-14,16-18H2,1-2H3,(H,30,33);1H/t21?,22?,23-;/m1./s1. The quantitative estimate of drug-likeness (QED) is 0.565. The molecule has 9 heteroatoms. The molecule has 1 aromatic rings. The number of halogens is 1. The first-order valence-electron chi connectivity index (χ1n) is 13.9. The van der Waals surface area contributed by atoms with Gasteiger partial charge in [0.15, 0.2) is 0 Å². The van der Waals surface area contributed by atoms with E-state index in [-0.39, 0.29) is 43.1 Å². The Kier molecular flexibility index (Phi) is 7.91. The molecule has 5 rings (SSSR count). The summed E-state index contributed by atoms with van der Waals surface area (Å²) < 4.78 is 30.8. The van der Waals surface area contributed by atoms with Gasteiger partial charge in [-0.05, 0) is 82.8 Å². The number of alkyl carbamates (subject to hydrolysis) is 1. The Hall–Kier alpha value is -2.39. The molecule has 2 unspecified atom stereocenters. The van der Waals surface area contributed by atoms with Crippen molar-refractivity contribution in [3.05, 3.63) is 29.6 Å². The van der Waals surface area contributed by atoms with Gasteiger partial charge in [-0.25, -0.2) is 14.0 Å². The average Bonchev–Trinajstić information content (AvgIpc) is 3.39. The summed E-state index contributed by atoms with van der Waals surface area (Å²) in [5.74, 6) is -0.272. The van der Waals surface area contributed by atoms with E-state index in [1.54, 1.807) is 17.0 Å². The first-order chi connectivity index (χ1) is 17.8. The second-order valence-corrected chi connectivity index (χ2v) is 11.4. The van der Waals surface area contributed by atoms with Crippen molar-refractivity contribution in [2.75, 3.05) is 37.7 Å². The van der Waals surface area contributed by atoms with Crippen LogP contribution in [0.15, 0.2) is 18.2 Å². The Morgan fingerprint density at radius 1 is 1.19 bits per heavy atom. The number of nitrogens with zero attached hydrogens (tertiary/aromatic N) is 2. The number of hydrogen-bond acceptors (Lipinski definition) is 6. The lowest BCUT2D eigenvalue weighted by molar-refractivity contribution is 0.0836. The number of carbonyl (C=O) groups is 2. The Morgan fingerprint density at radius 2 is 1.97 bits per heavy atom. The molecule has 37 heavy (non-hydrogen) atoms. The molecule has 1 N–H and O–H groups in total. The van der Waals surface area contributed by atoms with Crippen LogP contribution in [0.2, 0.25) is 0 Å². The Labute approximate surface area is 220 Å². The third kappa shape index (κ3) is 5.87. The van der Waals surface area contributed by atoms with Gasteiger partial charge in [0.05, 0.1) is 25.0 Å². The Morgan fingerprint density at radius 3 is 2.70 bits per heavy atom. The third-order valence-electron chi connectivity index (χ3n) is 8.49. The van der Waals surface area contributed by atoms with Gasteiger partial charge in [0.1, 0.15) is 11.9 Å². The zero-order valence-corrected chi connectivity index (χ0v) is 22.0. The molecule has 1 aromatic carbocycles. The van der Waals surface area contributed by atoms with Gasteiger partial charge >= 0.3 is 12.2 Å². The first kappa shape index (κ1) is 26.2. The highest BCUT2D eigenvalue weighted by Gasteiger charge is 2.48. The van der Waals surface area contributed by atoms with Gasteiger partial charge in [-0.3, -0.25) is 4.90 Å². The number of amides is 2. The first-order valence-corrected chi connectivity index (χ1v) is 13.9.